The molecule has 4 rings (SSSR count). The summed E-state index contributed by atoms with van der Waals surface area (Å²) in [5, 5.41) is 11.0. The highest BCUT2D eigenvalue weighted by atomic mass is 32.2. The zero-order chi connectivity index (χ0) is 19.6. The number of halogens is 1. The zero-order valence-electron chi connectivity index (χ0n) is 15.8. The molecule has 0 unspecified atom stereocenters. The molecule has 1 saturated heterocycles. The van der Waals surface area contributed by atoms with E-state index in [1.54, 1.807) is 13.3 Å². The Morgan fingerprint density at radius 1 is 1.18 bits per heavy atom. The molecule has 1 fully saturated rings. The highest BCUT2D eigenvalue weighted by molar-refractivity contribution is 7.92. The first kappa shape index (κ1) is 18.9. The highest BCUT2D eigenvalue weighted by Gasteiger charge is 2.39. The molecule has 2 heterocycles. The first-order valence-electron chi connectivity index (χ1n) is 9.35. The van der Waals surface area contributed by atoms with Gasteiger partial charge in [-0.25, -0.2) is 0 Å². The first-order chi connectivity index (χ1) is 13.7. The summed E-state index contributed by atoms with van der Waals surface area (Å²) in [5.74, 6) is 0.677. The minimum atomic E-state index is -0.596. The second-order valence-corrected chi connectivity index (χ2v) is 7.81. The van der Waals surface area contributed by atoms with E-state index in [1.807, 2.05) is 24.3 Å². The fraction of sp³-hybridized carbons (Fsp3) is 0.318. The Morgan fingerprint density at radius 2 is 1.93 bits per heavy atom. The van der Waals surface area contributed by atoms with Gasteiger partial charge in [0.2, 0.25) is 0 Å². The van der Waals surface area contributed by atoms with Gasteiger partial charge in [-0.3, -0.25) is 8.87 Å². The Kier molecular flexibility index (Phi) is 5.29. The van der Waals surface area contributed by atoms with Crippen LogP contribution in [-0.4, -0.2) is 29.1 Å². The molecule has 0 amide bonds. The Labute approximate surface area is 168 Å². The molecular formula is C22H22FN3OS. The third kappa shape index (κ3) is 3.36. The van der Waals surface area contributed by atoms with Gasteiger partial charge in [0.1, 0.15) is 5.75 Å². The maximum Gasteiger partial charge on any atom is 0.169 e. The van der Waals surface area contributed by atoms with Gasteiger partial charge >= 0.3 is 0 Å². The summed E-state index contributed by atoms with van der Waals surface area (Å²) in [6.07, 6.45) is 3.25. The van der Waals surface area contributed by atoms with Crippen molar-refractivity contribution in [2.45, 2.75) is 24.8 Å². The normalized spacial score (nSPS) is 16.8. The highest BCUT2D eigenvalue weighted by Crippen LogP contribution is 2.41. The Balaban J connectivity index is 1.62. The first-order valence-corrected chi connectivity index (χ1v) is 10.0. The summed E-state index contributed by atoms with van der Waals surface area (Å²) >= 11 is 0.155. The lowest BCUT2D eigenvalue weighted by Crippen LogP contribution is -2.41. The largest absolute Gasteiger partial charge is 0.497 e. The van der Waals surface area contributed by atoms with Crippen molar-refractivity contribution < 1.29 is 8.62 Å². The van der Waals surface area contributed by atoms with Crippen molar-refractivity contribution in [3.05, 3.63) is 65.9 Å². The smallest absolute Gasteiger partial charge is 0.169 e. The molecule has 1 aliphatic rings. The number of hydrogen-bond donors (Lipinski definition) is 0. The Morgan fingerprint density at radius 3 is 2.57 bits per heavy atom. The molecular weight excluding hydrogens is 373 g/mol. The lowest BCUT2D eigenvalue weighted by atomic mass is 9.74. The number of ether oxygens (including phenoxy) is 1. The summed E-state index contributed by atoms with van der Waals surface area (Å²) in [5.41, 5.74) is 2.34. The van der Waals surface area contributed by atoms with Gasteiger partial charge in [0.15, 0.2) is 12.3 Å². The number of rotatable bonds is 5. The van der Waals surface area contributed by atoms with Gasteiger partial charge < -0.3 is 4.74 Å². The third-order valence-electron chi connectivity index (χ3n) is 5.74. The number of nitrogens with zero attached hydrogens (tertiary/aromatic N) is 3. The van der Waals surface area contributed by atoms with E-state index in [-0.39, 0.29) is 12.3 Å². The molecule has 0 radical (unpaired) electrons. The van der Waals surface area contributed by atoms with Crippen LogP contribution in [0.15, 0.2) is 54.7 Å². The molecule has 144 valence electrons. The van der Waals surface area contributed by atoms with Crippen LogP contribution < -0.4 is 4.74 Å². The number of benzene rings is 2. The van der Waals surface area contributed by atoms with E-state index in [1.165, 1.54) is 9.54 Å². The van der Waals surface area contributed by atoms with Crippen LogP contribution in [0.4, 0.5) is 3.89 Å². The van der Waals surface area contributed by atoms with Crippen LogP contribution in [0.2, 0.25) is 0 Å². The fourth-order valence-corrected chi connectivity index (χ4v) is 4.49. The van der Waals surface area contributed by atoms with Crippen molar-refractivity contribution in [1.29, 1.82) is 5.26 Å². The molecule has 0 spiro atoms. The van der Waals surface area contributed by atoms with E-state index >= 15 is 0 Å². The van der Waals surface area contributed by atoms with E-state index in [2.05, 4.69) is 35.2 Å². The predicted octanol–water partition coefficient (Wildman–Crippen LogP) is 5.09. The van der Waals surface area contributed by atoms with Crippen molar-refractivity contribution in [2.75, 3.05) is 20.2 Å². The molecule has 0 bridgehead atoms. The molecule has 0 saturated carbocycles. The number of nitriles is 1. The third-order valence-corrected chi connectivity index (χ3v) is 6.19. The summed E-state index contributed by atoms with van der Waals surface area (Å²) in [7, 11) is 1.59. The Bertz CT molecular complexity index is 1000. The van der Waals surface area contributed by atoms with Crippen molar-refractivity contribution in [1.82, 2.24) is 8.87 Å². The number of piperidine rings is 1. The fourth-order valence-electron chi connectivity index (χ4n) is 4.12. The summed E-state index contributed by atoms with van der Waals surface area (Å²) in [6, 6.07) is 18.6. The number of methoxy groups -OCH3 is 1. The van der Waals surface area contributed by atoms with Crippen molar-refractivity contribution in [3.63, 3.8) is 0 Å². The van der Waals surface area contributed by atoms with Gasteiger partial charge in [-0.15, -0.1) is 3.89 Å². The quantitative estimate of drug-likeness (QED) is 0.604. The zero-order valence-corrected chi connectivity index (χ0v) is 16.6. The summed E-state index contributed by atoms with van der Waals surface area (Å²) < 4.78 is 20.3. The summed E-state index contributed by atoms with van der Waals surface area (Å²) in [6.45, 7) is 2.57. The average molecular weight is 396 g/mol. The van der Waals surface area contributed by atoms with Crippen LogP contribution in [0, 0.1) is 11.3 Å². The number of aromatic nitrogens is 1. The monoisotopic (exact) mass is 395 g/mol. The van der Waals surface area contributed by atoms with E-state index in [0.717, 1.165) is 48.9 Å². The molecule has 0 N–H and O–H groups in total. The van der Waals surface area contributed by atoms with Crippen LogP contribution in [0.5, 0.6) is 5.75 Å². The van der Waals surface area contributed by atoms with Crippen LogP contribution in [0.25, 0.3) is 10.9 Å². The standard InChI is InChI=1S/C22H22FN3OS/c1-27-18-7-8-19-20(15-26(28-23)21(19)13-18)22(16-24)9-11-25(12-10-22)14-17-5-3-2-4-6-17/h2-8,13,15H,9-12,14H2,1H3. The van der Waals surface area contributed by atoms with E-state index < -0.39 is 5.41 Å². The lowest BCUT2D eigenvalue weighted by molar-refractivity contribution is 0.179. The predicted molar refractivity (Wildman–Crippen MR) is 111 cm³/mol. The van der Waals surface area contributed by atoms with E-state index in [9.17, 15) is 9.15 Å². The minimum absolute atomic E-state index is 0.155. The van der Waals surface area contributed by atoms with Crippen molar-refractivity contribution in [2.24, 2.45) is 0 Å². The topological polar surface area (TPSA) is 41.2 Å². The number of likely N-dealkylation sites (tertiary alicyclic amines) is 1. The lowest BCUT2D eigenvalue weighted by Gasteiger charge is -2.37. The van der Waals surface area contributed by atoms with Crippen LogP contribution >= 0.6 is 12.3 Å². The molecule has 4 nitrogen and oxygen atoms in total. The molecule has 0 aliphatic carbocycles. The van der Waals surface area contributed by atoms with Gasteiger partial charge in [-0.2, -0.15) is 5.26 Å². The van der Waals surface area contributed by atoms with Crippen LogP contribution in [0.1, 0.15) is 24.0 Å². The SMILES string of the molecule is COc1ccc2c(C3(C#N)CCN(Cc4ccccc4)CC3)cn(SF)c2c1. The van der Waals surface area contributed by atoms with Crippen molar-refractivity contribution in [3.8, 4) is 11.8 Å². The molecule has 0 atom stereocenters. The Hall–Kier alpha value is -2.49. The van der Waals surface area contributed by atoms with Crippen LogP contribution in [0.3, 0.4) is 0 Å². The minimum Gasteiger partial charge on any atom is -0.497 e. The molecule has 6 heteroatoms. The van der Waals surface area contributed by atoms with Gasteiger partial charge in [-0.1, -0.05) is 30.3 Å². The van der Waals surface area contributed by atoms with E-state index in [0.29, 0.717) is 5.75 Å². The van der Waals surface area contributed by atoms with E-state index in [4.69, 9.17) is 4.74 Å². The second-order valence-electron chi connectivity index (χ2n) is 7.28. The van der Waals surface area contributed by atoms with Gasteiger partial charge in [0.25, 0.3) is 0 Å². The molecule has 3 aromatic rings. The maximum absolute atomic E-state index is 13.6. The maximum atomic E-state index is 13.6. The summed E-state index contributed by atoms with van der Waals surface area (Å²) in [4.78, 5) is 2.39. The molecule has 2 aromatic carbocycles. The van der Waals surface area contributed by atoms with Crippen LogP contribution in [-0.2, 0) is 12.0 Å². The van der Waals surface area contributed by atoms with Gasteiger partial charge in [-0.05, 0) is 36.1 Å². The second kappa shape index (κ2) is 7.86. The molecule has 1 aliphatic heterocycles. The van der Waals surface area contributed by atoms with Gasteiger partial charge in [0.05, 0.1) is 24.1 Å². The number of hydrogen-bond acceptors (Lipinski definition) is 4. The van der Waals surface area contributed by atoms with Crippen molar-refractivity contribution >= 4 is 23.2 Å². The molecule has 1 aromatic heterocycles. The molecule has 28 heavy (non-hydrogen) atoms. The van der Waals surface area contributed by atoms with Gasteiger partial charge in [0, 0.05) is 37.3 Å². The average Bonchev–Trinajstić information content (AvgIpc) is 3.13. The number of fused-ring (bicyclic) bond motifs is 1.